The first-order chi connectivity index (χ1) is 10.3. The van der Waals surface area contributed by atoms with Crippen LogP contribution < -0.4 is 10.6 Å². The molecule has 1 aromatic carbocycles. The van der Waals surface area contributed by atoms with E-state index in [9.17, 15) is 0 Å². The van der Waals surface area contributed by atoms with Crippen LogP contribution in [0, 0.1) is 0 Å². The number of nitrogens with one attached hydrogen (secondary N) is 2. The van der Waals surface area contributed by atoms with Crippen molar-refractivity contribution in [1.82, 2.24) is 25.4 Å². The van der Waals surface area contributed by atoms with Crippen molar-refractivity contribution in [3.8, 4) is 5.69 Å². The Labute approximate surface area is 124 Å². The zero-order valence-electron chi connectivity index (χ0n) is 12.2. The van der Waals surface area contributed by atoms with Gasteiger partial charge >= 0.3 is 0 Å². The molecule has 0 unspecified atom stereocenters. The van der Waals surface area contributed by atoms with E-state index in [0.29, 0.717) is 13.1 Å². The smallest absolute Gasteiger partial charge is 0.191 e. The van der Waals surface area contributed by atoms with E-state index in [-0.39, 0.29) is 0 Å². The summed E-state index contributed by atoms with van der Waals surface area (Å²) in [6.07, 6.45) is 3.49. The molecule has 6 heteroatoms. The van der Waals surface area contributed by atoms with Crippen LogP contribution in [0.25, 0.3) is 5.69 Å². The molecule has 0 spiro atoms. The topological polar surface area (TPSA) is 67.1 Å². The molecule has 1 heterocycles. The molecular weight excluding hydrogens is 264 g/mol. The molecule has 0 aliphatic heterocycles. The van der Waals surface area contributed by atoms with E-state index >= 15 is 0 Å². The standard InChI is InChI=1S/C15H20N6/c1-3-10-17-15(16-4-2)18-11-14-20-19-12-21(14)13-8-6-5-7-9-13/h3,5-9,12H,1,4,10-11H2,2H3,(H2,16,17,18). The molecule has 0 saturated carbocycles. The van der Waals surface area contributed by atoms with Crippen molar-refractivity contribution in [2.45, 2.75) is 13.5 Å². The highest BCUT2D eigenvalue weighted by Gasteiger charge is 2.05. The SMILES string of the molecule is C=CCNC(=NCc1nncn1-c1ccccc1)NCC. The van der Waals surface area contributed by atoms with Gasteiger partial charge in [-0.2, -0.15) is 0 Å². The van der Waals surface area contributed by atoms with E-state index in [0.717, 1.165) is 24.0 Å². The van der Waals surface area contributed by atoms with Gasteiger partial charge < -0.3 is 10.6 Å². The number of para-hydroxylation sites is 1. The number of rotatable bonds is 6. The number of guanidine groups is 1. The number of hydrogen-bond donors (Lipinski definition) is 2. The average molecular weight is 284 g/mol. The van der Waals surface area contributed by atoms with Crippen LogP contribution in [0.1, 0.15) is 12.7 Å². The van der Waals surface area contributed by atoms with Crippen molar-refractivity contribution in [3.05, 3.63) is 55.1 Å². The van der Waals surface area contributed by atoms with E-state index in [1.54, 1.807) is 12.4 Å². The molecule has 21 heavy (non-hydrogen) atoms. The predicted octanol–water partition coefficient (Wildman–Crippen LogP) is 1.51. The van der Waals surface area contributed by atoms with Gasteiger partial charge in [-0.3, -0.25) is 4.57 Å². The van der Waals surface area contributed by atoms with Gasteiger partial charge in [0.2, 0.25) is 0 Å². The average Bonchev–Trinajstić information content (AvgIpc) is 2.99. The molecular formula is C15H20N6. The van der Waals surface area contributed by atoms with Gasteiger partial charge in [0, 0.05) is 18.8 Å². The molecule has 2 aromatic rings. The lowest BCUT2D eigenvalue weighted by Gasteiger charge is -2.09. The Balaban J connectivity index is 2.12. The second kappa shape index (κ2) is 7.84. The fraction of sp³-hybridized carbons (Fsp3) is 0.267. The molecule has 0 fully saturated rings. The Hall–Kier alpha value is -2.63. The Morgan fingerprint density at radius 1 is 1.33 bits per heavy atom. The third-order valence-corrected chi connectivity index (χ3v) is 2.79. The molecule has 110 valence electrons. The van der Waals surface area contributed by atoms with Gasteiger partial charge in [-0.15, -0.1) is 16.8 Å². The van der Waals surface area contributed by atoms with Crippen molar-refractivity contribution in [2.75, 3.05) is 13.1 Å². The maximum absolute atomic E-state index is 4.50. The molecule has 2 rings (SSSR count). The number of aromatic nitrogens is 3. The molecule has 0 aliphatic carbocycles. The fourth-order valence-corrected chi connectivity index (χ4v) is 1.83. The third-order valence-electron chi connectivity index (χ3n) is 2.79. The summed E-state index contributed by atoms with van der Waals surface area (Å²) in [5.41, 5.74) is 1.02. The summed E-state index contributed by atoms with van der Waals surface area (Å²) in [4.78, 5) is 4.50. The number of benzene rings is 1. The van der Waals surface area contributed by atoms with Gasteiger partial charge in [0.1, 0.15) is 12.9 Å². The summed E-state index contributed by atoms with van der Waals surface area (Å²) in [5.74, 6) is 1.53. The van der Waals surface area contributed by atoms with Crippen LogP contribution in [-0.4, -0.2) is 33.8 Å². The first-order valence-electron chi connectivity index (χ1n) is 6.92. The molecule has 0 atom stereocenters. The Kier molecular flexibility index (Phi) is 5.51. The minimum absolute atomic E-state index is 0.446. The summed E-state index contributed by atoms with van der Waals surface area (Å²) in [7, 11) is 0. The van der Waals surface area contributed by atoms with E-state index in [2.05, 4.69) is 32.4 Å². The van der Waals surface area contributed by atoms with Crippen LogP contribution in [0.3, 0.4) is 0 Å². The summed E-state index contributed by atoms with van der Waals surface area (Å²) in [6, 6.07) is 9.97. The number of hydrogen-bond acceptors (Lipinski definition) is 3. The molecule has 0 amide bonds. The largest absolute Gasteiger partial charge is 0.357 e. The maximum Gasteiger partial charge on any atom is 0.191 e. The van der Waals surface area contributed by atoms with Crippen molar-refractivity contribution >= 4 is 5.96 Å². The third kappa shape index (κ3) is 4.17. The van der Waals surface area contributed by atoms with Crippen molar-refractivity contribution in [3.63, 3.8) is 0 Å². The van der Waals surface area contributed by atoms with Crippen molar-refractivity contribution < 1.29 is 0 Å². The van der Waals surface area contributed by atoms with Crippen LogP contribution in [-0.2, 0) is 6.54 Å². The lowest BCUT2D eigenvalue weighted by atomic mass is 10.3. The van der Waals surface area contributed by atoms with Gasteiger partial charge in [-0.1, -0.05) is 24.3 Å². The Bertz CT molecular complexity index is 587. The van der Waals surface area contributed by atoms with Gasteiger partial charge in [0.25, 0.3) is 0 Å². The Morgan fingerprint density at radius 3 is 2.86 bits per heavy atom. The highest BCUT2D eigenvalue weighted by molar-refractivity contribution is 5.79. The second-order valence-corrected chi connectivity index (χ2v) is 4.32. The number of aliphatic imine (C=N–C) groups is 1. The van der Waals surface area contributed by atoms with Crippen LogP contribution >= 0.6 is 0 Å². The van der Waals surface area contributed by atoms with E-state index < -0.39 is 0 Å². The molecule has 6 nitrogen and oxygen atoms in total. The van der Waals surface area contributed by atoms with Gasteiger partial charge in [-0.25, -0.2) is 4.99 Å². The monoisotopic (exact) mass is 284 g/mol. The number of nitrogens with zero attached hydrogens (tertiary/aromatic N) is 4. The highest BCUT2D eigenvalue weighted by Crippen LogP contribution is 2.09. The quantitative estimate of drug-likeness (QED) is 0.479. The Morgan fingerprint density at radius 2 is 2.14 bits per heavy atom. The lowest BCUT2D eigenvalue weighted by molar-refractivity contribution is 0.818. The zero-order valence-corrected chi connectivity index (χ0v) is 12.2. The van der Waals surface area contributed by atoms with Crippen LogP contribution in [0.15, 0.2) is 54.3 Å². The fourth-order valence-electron chi connectivity index (χ4n) is 1.83. The van der Waals surface area contributed by atoms with Gasteiger partial charge in [-0.05, 0) is 19.1 Å². The van der Waals surface area contributed by atoms with Crippen LogP contribution in [0.5, 0.6) is 0 Å². The van der Waals surface area contributed by atoms with Gasteiger partial charge in [0.05, 0.1) is 0 Å². The minimum Gasteiger partial charge on any atom is -0.357 e. The van der Waals surface area contributed by atoms with Gasteiger partial charge in [0.15, 0.2) is 11.8 Å². The van der Waals surface area contributed by atoms with E-state index in [1.807, 2.05) is 41.8 Å². The van der Waals surface area contributed by atoms with Crippen LogP contribution in [0.2, 0.25) is 0 Å². The first kappa shape index (κ1) is 14.8. The second-order valence-electron chi connectivity index (χ2n) is 4.32. The maximum atomic E-state index is 4.50. The van der Waals surface area contributed by atoms with Crippen LogP contribution in [0.4, 0.5) is 0 Å². The first-order valence-corrected chi connectivity index (χ1v) is 6.92. The molecule has 2 N–H and O–H groups in total. The zero-order chi connectivity index (χ0) is 14.9. The van der Waals surface area contributed by atoms with Crippen molar-refractivity contribution in [1.29, 1.82) is 0 Å². The normalized spacial score (nSPS) is 11.2. The van der Waals surface area contributed by atoms with E-state index in [1.165, 1.54) is 0 Å². The molecule has 0 saturated heterocycles. The lowest BCUT2D eigenvalue weighted by Crippen LogP contribution is -2.37. The van der Waals surface area contributed by atoms with E-state index in [4.69, 9.17) is 0 Å². The summed E-state index contributed by atoms with van der Waals surface area (Å²) in [6.45, 7) is 7.62. The molecule has 0 bridgehead atoms. The highest BCUT2D eigenvalue weighted by atomic mass is 15.3. The summed E-state index contributed by atoms with van der Waals surface area (Å²) < 4.78 is 1.93. The predicted molar refractivity (Wildman–Crippen MR) is 84.4 cm³/mol. The molecule has 0 aliphatic rings. The minimum atomic E-state index is 0.446. The van der Waals surface area contributed by atoms with Crippen molar-refractivity contribution in [2.24, 2.45) is 4.99 Å². The molecule has 0 radical (unpaired) electrons. The molecule has 1 aromatic heterocycles. The summed E-state index contributed by atoms with van der Waals surface area (Å²) >= 11 is 0. The summed E-state index contributed by atoms with van der Waals surface area (Å²) in [5, 5.41) is 14.4.